The third-order valence-corrected chi connectivity index (χ3v) is 5.74. The van der Waals surface area contributed by atoms with Crippen LogP contribution in [0.2, 0.25) is 0 Å². The normalized spacial score (nSPS) is 29.7. The number of hydrogen-bond donors (Lipinski definition) is 3. The number of pyridine rings is 1. The fourth-order valence-electron chi connectivity index (χ4n) is 4.27. The van der Waals surface area contributed by atoms with Crippen LogP contribution in [0.4, 0.5) is 5.82 Å². The highest BCUT2D eigenvalue weighted by Gasteiger charge is 2.64. The molecular weight excluding hydrogens is 322 g/mol. The number of ether oxygens (including phenoxy) is 1. The number of rotatable bonds is 1. The highest BCUT2D eigenvalue weighted by Crippen LogP contribution is 2.64. The molecule has 0 aliphatic carbocycles. The summed E-state index contributed by atoms with van der Waals surface area (Å²) >= 11 is 0. The first kappa shape index (κ1) is 15.9. The van der Waals surface area contributed by atoms with Crippen LogP contribution in [-0.4, -0.2) is 31.0 Å². The van der Waals surface area contributed by atoms with Crippen molar-refractivity contribution in [1.82, 2.24) is 9.55 Å². The van der Waals surface area contributed by atoms with Crippen LogP contribution in [0.25, 0.3) is 10.5 Å². The smallest absolute Gasteiger partial charge is 0.272 e. The Bertz CT molecular complexity index is 974. The van der Waals surface area contributed by atoms with Gasteiger partial charge in [-0.05, 0) is 38.8 Å². The van der Waals surface area contributed by atoms with Gasteiger partial charge in [0, 0.05) is 6.42 Å². The van der Waals surface area contributed by atoms with E-state index in [1.54, 1.807) is 20.8 Å². The zero-order chi connectivity index (χ0) is 18.3. The van der Waals surface area contributed by atoms with Crippen LogP contribution in [0.15, 0.2) is 6.20 Å². The van der Waals surface area contributed by atoms with Gasteiger partial charge in [0.05, 0.1) is 28.5 Å². The molecule has 0 amide bonds. The van der Waals surface area contributed by atoms with Crippen LogP contribution in [0.5, 0.6) is 11.8 Å². The summed E-state index contributed by atoms with van der Waals surface area (Å²) in [5.41, 5.74) is 0.922. The number of hydrogen-bond acceptors (Lipinski definition) is 5. The second-order valence-electron chi connectivity index (χ2n) is 7.22. The SMILES string of the molecule is [C-]#[N+]c1ncc(-n2c(O)c3c(c2O)C2(C)OC3(C)C[C@H]2O)c(C)c1C. The van der Waals surface area contributed by atoms with Gasteiger partial charge in [0.25, 0.3) is 5.82 Å². The Kier molecular flexibility index (Phi) is 2.89. The predicted octanol–water partition coefficient (Wildman–Crippen LogP) is 2.68. The monoisotopic (exact) mass is 341 g/mol. The van der Waals surface area contributed by atoms with Crippen molar-refractivity contribution < 1.29 is 20.1 Å². The van der Waals surface area contributed by atoms with Crippen molar-refractivity contribution in [3.05, 3.63) is 39.9 Å². The van der Waals surface area contributed by atoms with Gasteiger partial charge in [-0.2, -0.15) is 0 Å². The fraction of sp³-hybridized carbons (Fsp3) is 0.444. The summed E-state index contributed by atoms with van der Waals surface area (Å²) in [6.07, 6.45) is 1.05. The van der Waals surface area contributed by atoms with Gasteiger partial charge in [-0.3, -0.25) is 0 Å². The standard InChI is InChI=1S/C18H19N3O4/c1-8-9(2)14(19-5)20-7-10(8)21-15(23)12-13(16(21)24)18(4)11(22)6-17(12,3)25-18/h7,11,22-24H,6H2,1-4H3/t11-,17?,18?/m1/s1. The van der Waals surface area contributed by atoms with Crippen LogP contribution >= 0.6 is 0 Å². The first-order valence-corrected chi connectivity index (χ1v) is 8.05. The number of nitrogens with zero attached hydrogens (tertiary/aromatic N) is 3. The Morgan fingerprint density at radius 3 is 2.52 bits per heavy atom. The summed E-state index contributed by atoms with van der Waals surface area (Å²) in [4.78, 5) is 7.50. The van der Waals surface area contributed by atoms with E-state index >= 15 is 0 Å². The summed E-state index contributed by atoms with van der Waals surface area (Å²) in [7, 11) is 0. The summed E-state index contributed by atoms with van der Waals surface area (Å²) in [5.74, 6) is 0.000463. The molecule has 0 spiro atoms. The molecule has 2 unspecified atom stereocenters. The molecule has 4 rings (SSSR count). The molecule has 2 aliphatic heterocycles. The minimum absolute atomic E-state index is 0.120. The first-order chi connectivity index (χ1) is 11.7. The molecular formula is C18H19N3O4. The van der Waals surface area contributed by atoms with E-state index in [9.17, 15) is 15.3 Å². The molecule has 1 fully saturated rings. The highest BCUT2D eigenvalue weighted by molar-refractivity contribution is 5.64. The average molecular weight is 341 g/mol. The molecule has 1 saturated heterocycles. The first-order valence-electron chi connectivity index (χ1n) is 8.05. The lowest BCUT2D eigenvalue weighted by Crippen LogP contribution is -2.32. The molecule has 7 heteroatoms. The quantitative estimate of drug-likeness (QED) is 0.694. The molecule has 130 valence electrons. The van der Waals surface area contributed by atoms with Crippen molar-refractivity contribution in [3.8, 4) is 17.4 Å². The number of aliphatic hydroxyl groups excluding tert-OH is 1. The van der Waals surface area contributed by atoms with Gasteiger partial charge >= 0.3 is 0 Å². The van der Waals surface area contributed by atoms with E-state index in [1.165, 1.54) is 10.8 Å². The Labute approximate surface area is 144 Å². The average Bonchev–Trinajstić information content (AvgIpc) is 3.05. The van der Waals surface area contributed by atoms with E-state index in [0.717, 1.165) is 5.56 Å². The molecule has 7 nitrogen and oxygen atoms in total. The van der Waals surface area contributed by atoms with Crippen molar-refractivity contribution in [2.75, 3.05) is 0 Å². The molecule has 4 heterocycles. The van der Waals surface area contributed by atoms with E-state index in [0.29, 0.717) is 28.8 Å². The second-order valence-corrected chi connectivity index (χ2v) is 7.22. The largest absolute Gasteiger partial charge is 0.494 e. The maximum Gasteiger partial charge on any atom is 0.272 e. The third-order valence-electron chi connectivity index (χ3n) is 5.74. The van der Waals surface area contributed by atoms with Gasteiger partial charge in [-0.15, -0.1) is 4.98 Å². The Balaban J connectivity index is 2.02. The topological polar surface area (TPSA) is 92.1 Å². The molecule has 3 N–H and O–H groups in total. The van der Waals surface area contributed by atoms with Crippen LogP contribution in [0, 0.1) is 20.4 Å². The molecule has 3 atom stereocenters. The van der Waals surface area contributed by atoms with E-state index in [2.05, 4.69) is 9.83 Å². The lowest BCUT2D eigenvalue weighted by atomic mass is 9.78. The molecule has 0 saturated carbocycles. The predicted molar refractivity (Wildman–Crippen MR) is 89.0 cm³/mol. The van der Waals surface area contributed by atoms with Crippen molar-refractivity contribution in [2.24, 2.45) is 0 Å². The van der Waals surface area contributed by atoms with Gasteiger partial charge in [0.15, 0.2) is 0 Å². The number of aromatic nitrogens is 2. The lowest BCUT2D eigenvalue weighted by Gasteiger charge is -2.25. The number of fused-ring (bicyclic) bond motifs is 5. The molecule has 0 radical (unpaired) electrons. The Hall–Kier alpha value is -2.56. The van der Waals surface area contributed by atoms with E-state index in [1.807, 2.05) is 6.92 Å². The summed E-state index contributed by atoms with van der Waals surface area (Å²) in [6, 6.07) is 0. The van der Waals surface area contributed by atoms with Crippen molar-refractivity contribution in [2.45, 2.75) is 51.4 Å². The van der Waals surface area contributed by atoms with Gasteiger partial charge < -0.3 is 24.9 Å². The minimum atomic E-state index is -1.07. The van der Waals surface area contributed by atoms with E-state index in [4.69, 9.17) is 11.3 Å². The van der Waals surface area contributed by atoms with Crippen molar-refractivity contribution in [3.63, 3.8) is 0 Å². The summed E-state index contributed by atoms with van der Waals surface area (Å²) in [6.45, 7) is 14.3. The van der Waals surface area contributed by atoms with Crippen molar-refractivity contribution >= 4 is 5.82 Å². The van der Waals surface area contributed by atoms with Crippen molar-refractivity contribution in [1.29, 1.82) is 0 Å². The molecule has 2 bridgehead atoms. The van der Waals surface area contributed by atoms with Crippen LogP contribution in [-0.2, 0) is 15.9 Å². The fourth-order valence-corrected chi connectivity index (χ4v) is 4.27. The zero-order valence-corrected chi connectivity index (χ0v) is 14.5. The third kappa shape index (κ3) is 1.68. The van der Waals surface area contributed by atoms with Crippen LogP contribution in [0.1, 0.15) is 42.5 Å². The lowest BCUT2D eigenvalue weighted by molar-refractivity contribution is -0.0936. The second kappa shape index (κ2) is 4.54. The molecule has 2 aliphatic rings. The van der Waals surface area contributed by atoms with Gasteiger partial charge in [-0.1, -0.05) is 6.57 Å². The molecule has 0 aromatic carbocycles. The van der Waals surface area contributed by atoms with E-state index in [-0.39, 0.29) is 17.6 Å². The molecule has 2 aromatic heterocycles. The maximum atomic E-state index is 10.9. The highest BCUT2D eigenvalue weighted by atomic mass is 16.6. The van der Waals surface area contributed by atoms with Crippen LogP contribution in [0.3, 0.4) is 0 Å². The zero-order valence-electron chi connectivity index (χ0n) is 14.5. The van der Waals surface area contributed by atoms with Gasteiger partial charge in [-0.25, -0.2) is 4.57 Å². The Morgan fingerprint density at radius 1 is 1.24 bits per heavy atom. The van der Waals surface area contributed by atoms with Gasteiger partial charge in [0.2, 0.25) is 11.8 Å². The van der Waals surface area contributed by atoms with E-state index < -0.39 is 17.3 Å². The summed E-state index contributed by atoms with van der Waals surface area (Å²) in [5, 5.41) is 32.1. The number of aromatic hydroxyl groups is 2. The van der Waals surface area contributed by atoms with Gasteiger partial charge in [0.1, 0.15) is 11.8 Å². The van der Waals surface area contributed by atoms with Crippen LogP contribution < -0.4 is 0 Å². The number of aliphatic hydroxyl groups is 1. The summed E-state index contributed by atoms with van der Waals surface area (Å²) < 4.78 is 7.30. The maximum absolute atomic E-state index is 10.9. The molecule has 2 aromatic rings. The minimum Gasteiger partial charge on any atom is -0.494 e. The Morgan fingerprint density at radius 2 is 1.88 bits per heavy atom. The molecule has 25 heavy (non-hydrogen) atoms.